The van der Waals surface area contributed by atoms with Crippen molar-refractivity contribution in [2.75, 3.05) is 26.7 Å². The fraction of sp³-hybridized carbons (Fsp3) is 0.867. The van der Waals surface area contributed by atoms with Crippen LogP contribution in [0.25, 0.3) is 0 Å². The number of carboxylic acid groups (broad SMARTS) is 1. The van der Waals surface area contributed by atoms with E-state index in [9.17, 15) is 9.59 Å². The molecule has 2 unspecified atom stereocenters. The second-order valence-corrected chi connectivity index (χ2v) is 6.41. The molecular weight excluding hydrogens is 256 g/mol. The molecule has 2 atom stereocenters. The number of amides is 1. The number of nitrogens with zero attached hydrogens (tertiary/aromatic N) is 2. The van der Waals surface area contributed by atoms with Crippen molar-refractivity contribution in [3.8, 4) is 0 Å². The molecule has 2 rings (SSSR count). The average Bonchev–Trinajstić information content (AvgIpc) is 2.79. The van der Waals surface area contributed by atoms with Crippen molar-refractivity contribution in [2.24, 2.45) is 11.8 Å². The van der Waals surface area contributed by atoms with Gasteiger partial charge in [0.15, 0.2) is 0 Å². The van der Waals surface area contributed by atoms with Gasteiger partial charge in [0.1, 0.15) is 0 Å². The normalized spacial score (nSPS) is 28.5. The summed E-state index contributed by atoms with van der Waals surface area (Å²) < 4.78 is 0. The quantitative estimate of drug-likeness (QED) is 0.847. The third-order valence-corrected chi connectivity index (χ3v) is 4.88. The van der Waals surface area contributed by atoms with Crippen LogP contribution in [-0.2, 0) is 9.59 Å². The number of hydrogen-bond donors (Lipinski definition) is 1. The van der Waals surface area contributed by atoms with Crippen LogP contribution < -0.4 is 0 Å². The highest BCUT2D eigenvalue weighted by molar-refractivity contribution is 5.78. The lowest BCUT2D eigenvalue weighted by atomic mass is 9.94. The topological polar surface area (TPSA) is 60.9 Å². The van der Waals surface area contributed by atoms with Crippen molar-refractivity contribution in [2.45, 2.75) is 45.1 Å². The molecule has 1 heterocycles. The fourth-order valence-corrected chi connectivity index (χ4v) is 3.49. The van der Waals surface area contributed by atoms with Crippen molar-refractivity contribution < 1.29 is 14.7 Å². The molecular formula is C15H26N2O3. The third kappa shape index (κ3) is 3.51. The van der Waals surface area contributed by atoms with E-state index in [1.165, 1.54) is 19.3 Å². The molecule has 0 aromatic carbocycles. The summed E-state index contributed by atoms with van der Waals surface area (Å²) in [5, 5.41) is 9.13. The summed E-state index contributed by atoms with van der Waals surface area (Å²) in [6.45, 7) is 3.52. The van der Waals surface area contributed by atoms with Crippen LogP contribution in [0.3, 0.4) is 0 Å². The molecule has 1 N–H and O–H groups in total. The van der Waals surface area contributed by atoms with E-state index in [2.05, 4.69) is 0 Å². The molecule has 0 radical (unpaired) electrons. The maximum absolute atomic E-state index is 12.3. The van der Waals surface area contributed by atoms with Crippen LogP contribution in [0.4, 0.5) is 0 Å². The molecule has 1 saturated carbocycles. The van der Waals surface area contributed by atoms with Gasteiger partial charge in [-0.05, 0) is 18.8 Å². The van der Waals surface area contributed by atoms with Crippen LogP contribution in [0, 0.1) is 11.8 Å². The molecule has 0 aromatic heterocycles. The number of aliphatic carboxylic acids is 1. The molecule has 1 saturated heterocycles. The molecule has 0 aromatic rings. The van der Waals surface area contributed by atoms with Crippen LogP contribution in [0.15, 0.2) is 0 Å². The number of likely N-dealkylation sites (tertiary alicyclic amines) is 1. The van der Waals surface area contributed by atoms with E-state index in [1.807, 2.05) is 23.8 Å². The van der Waals surface area contributed by atoms with Crippen LogP contribution in [-0.4, -0.2) is 59.5 Å². The van der Waals surface area contributed by atoms with Gasteiger partial charge in [-0.2, -0.15) is 0 Å². The molecule has 0 bridgehead atoms. The zero-order valence-corrected chi connectivity index (χ0v) is 12.5. The van der Waals surface area contributed by atoms with Gasteiger partial charge >= 0.3 is 5.97 Å². The van der Waals surface area contributed by atoms with Crippen LogP contribution >= 0.6 is 0 Å². The highest BCUT2D eigenvalue weighted by Gasteiger charge is 2.36. The number of likely N-dealkylation sites (N-methyl/N-ethyl adjacent to an activating group) is 1. The van der Waals surface area contributed by atoms with E-state index < -0.39 is 5.97 Å². The first-order valence-corrected chi connectivity index (χ1v) is 7.70. The zero-order valence-electron chi connectivity index (χ0n) is 12.5. The summed E-state index contributed by atoms with van der Waals surface area (Å²) >= 11 is 0. The van der Waals surface area contributed by atoms with E-state index in [1.54, 1.807) is 0 Å². The molecule has 0 spiro atoms. The SMILES string of the molecule is CC1CN(CC(=O)N(C)C2CCCCC2)CC1C(=O)O. The molecule has 1 amide bonds. The van der Waals surface area contributed by atoms with Crippen molar-refractivity contribution in [1.82, 2.24) is 9.80 Å². The number of carboxylic acids is 1. The first-order chi connectivity index (χ1) is 9.49. The molecule has 1 aliphatic carbocycles. The van der Waals surface area contributed by atoms with Crippen LogP contribution in [0.5, 0.6) is 0 Å². The highest BCUT2D eigenvalue weighted by Crippen LogP contribution is 2.24. The van der Waals surface area contributed by atoms with E-state index in [0.29, 0.717) is 25.7 Å². The Bertz CT molecular complexity index is 366. The third-order valence-electron chi connectivity index (χ3n) is 4.88. The lowest BCUT2D eigenvalue weighted by Crippen LogP contribution is -2.43. The van der Waals surface area contributed by atoms with Gasteiger partial charge in [-0.25, -0.2) is 0 Å². The average molecular weight is 282 g/mol. The predicted molar refractivity (Wildman–Crippen MR) is 76.4 cm³/mol. The monoisotopic (exact) mass is 282 g/mol. The Hall–Kier alpha value is -1.10. The zero-order chi connectivity index (χ0) is 14.7. The van der Waals surface area contributed by atoms with Gasteiger partial charge < -0.3 is 10.0 Å². The molecule has 114 valence electrons. The largest absolute Gasteiger partial charge is 0.481 e. The van der Waals surface area contributed by atoms with Gasteiger partial charge in [-0.3, -0.25) is 14.5 Å². The van der Waals surface area contributed by atoms with Crippen molar-refractivity contribution in [3.05, 3.63) is 0 Å². The fourth-order valence-electron chi connectivity index (χ4n) is 3.49. The van der Waals surface area contributed by atoms with Crippen molar-refractivity contribution in [1.29, 1.82) is 0 Å². The first-order valence-electron chi connectivity index (χ1n) is 7.70. The van der Waals surface area contributed by atoms with Crippen molar-refractivity contribution >= 4 is 11.9 Å². The second kappa shape index (κ2) is 6.57. The van der Waals surface area contributed by atoms with Gasteiger partial charge in [0, 0.05) is 26.2 Å². The Balaban J connectivity index is 1.84. The minimum absolute atomic E-state index is 0.125. The summed E-state index contributed by atoms with van der Waals surface area (Å²) in [4.78, 5) is 27.3. The van der Waals surface area contributed by atoms with E-state index in [0.717, 1.165) is 12.8 Å². The van der Waals surface area contributed by atoms with E-state index in [-0.39, 0.29) is 17.7 Å². The smallest absolute Gasteiger partial charge is 0.308 e. The summed E-state index contributed by atoms with van der Waals surface area (Å²) in [6, 6.07) is 0.381. The van der Waals surface area contributed by atoms with Gasteiger partial charge in [-0.15, -0.1) is 0 Å². The van der Waals surface area contributed by atoms with Gasteiger partial charge in [0.05, 0.1) is 12.5 Å². The molecule has 5 nitrogen and oxygen atoms in total. The lowest BCUT2D eigenvalue weighted by Gasteiger charge is -2.32. The maximum atomic E-state index is 12.3. The van der Waals surface area contributed by atoms with Gasteiger partial charge in [-0.1, -0.05) is 26.2 Å². The number of hydrogen-bond acceptors (Lipinski definition) is 3. The molecule has 5 heteroatoms. The Morgan fingerprint density at radius 1 is 1.20 bits per heavy atom. The highest BCUT2D eigenvalue weighted by atomic mass is 16.4. The molecule has 2 fully saturated rings. The predicted octanol–water partition coefficient (Wildman–Crippen LogP) is 1.43. The van der Waals surface area contributed by atoms with Crippen LogP contribution in [0.2, 0.25) is 0 Å². The molecule has 20 heavy (non-hydrogen) atoms. The van der Waals surface area contributed by atoms with E-state index in [4.69, 9.17) is 5.11 Å². The summed E-state index contributed by atoms with van der Waals surface area (Å²) in [6.07, 6.45) is 5.92. The Kier molecular flexibility index (Phi) is 5.02. The standard InChI is InChI=1S/C15H26N2O3/c1-11-8-17(9-13(11)15(19)20)10-14(18)16(2)12-6-4-3-5-7-12/h11-13H,3-10H2,1-2H3,(H,19,20). The minimum Gasteiger partial charge on any atom is -0.481 e. The lowest BCUT2D eigenvalue weighted by molar-refractivity contribution is -0.142. The number of carbonyl (C=O) groups is 2. The Labute approximate surface area is 120 Å². The van der Waals surface area contributed by atoms with Crippen LogP contribution in [0.1, 0.15) is 39.0 Å². The summed E-state index contributed by atoms with van der Waals surface area (Å²) in [5.41, 5.74) is 0. The molecule has 1 aliphatic heterocycles. The molecule has 2 aliphatic rings. The summed E-state index contributed by atoms with van der Waals surface area (Å²) in [5.74, 6) is -0.814. The number of rotatable bonds is 4. The van der Waals surface area contributed by atoms with Gasteiger partial charge in [0.25, 0.3) is 0 Å². The number of carbonyl (C=O) groups excluding carboxylic acids is 1. The second-order valence-electron chi connectivity index (χ2n) is 6.41. The first kappa shape index (κ1) is 15.3. The summed E-state index contributed by atoms with van der Waals surface area (Å²) in [7, 11) is 1.90. The minimum atomic E-state index is -0.743. The maximum Gasteiger partial charge on any atom is 0.308 e. The van der Waals surface area contributed by atoms with E-state index >= 15 is 0 Å². The Morgan fingerprint density at radius 2 is 1.85 bits per heavy atom. The van der Waals surface area contributed by atoms with Gasteiger partial charge in [0.2, 0.25) is 5.91 Å². The Morgan fingerprint density at radius 3 is 2.40 bits per heavy atom. The van der Waals surface area contributed by atoms with Crippen molar-refractivity contribution in [3.63, 3.8) is 0 Å².